The van der Waals surface area contributed by atoms with E-state index < -0.39 is 0 Å². The van der Waals surface area contributed by atoms with Gasteiger partial charge in [-0.1, -0.05) is 12.1 Å². The highest BCUT2D eigenvalue weighted by atomic mass is 16.2. The molecule has 1 fully saturated rings. The molecule has 0 unspecified atom stereocenters. The molecule has 2 aromatic rings. The van der Waals surface area contributed by atoms with Gasteiger partial charge in [0, 0.05) is 43.8 Å². The van der Waals surface area contributed by atoms with E-state index in [1.165, 1.54) is 16.5 Å². The third kappa shape index (κ3) is 3.53. The predicted molar refractivity (Wildman–Crippen MR) is 94.0 cm³/mol. The van der Waals surface area contributed by atoms with Crippen molar-refractivity contribution in [2.75, 3.05) is 33.2 Å². The fourth-order valence-electron chi connectivity index (χ4n) is 3.08. The first kappa shape index (κ1) is 16.4. The first-order valence-corrected chi connectivity index (χ1v) is 8.38. The maximum Gasteiger partial charge on any atom is 0.317 e. The molecule has 0 atom stereocenters. The number of hydrogen-bond donors (Lipinski definition) is 2. The molecule has 3 rings (SSSR count). The zero-order valence-electron chi connectivity index (χ0n) is 14.3. The van der Waals surface area contributed by atoms with Gasteiger partial charge in [-0.25, -0.2) is 4.79 Å². The molecule has 0 bridgehead atoms. The molecule has 2 heterocycles. The Balaban J connectivity index is 1.55. The van der Waals surface area contributed by atoms with Crippen LogP contribution in [0.3, 0.4) is 0 Å². The SMILES string of the molecule is Cc1ccc2c(CCNC(=O)N3CCCN(C)C(=O)C3)c[nH]c2c1. The number of fused-ring (bicyclic) bond motifs is 1. The first-order valence-electron chi connectivity index (χ1n) is 8.38. The lowest BCUT2D eigenvalue weighted by Gasteiger charge is -2.20. The number of carbonyl (C=O) groups is 2. The molecular weight excluding hydrogens is 304 g/mol. The Morgan fingerprint density at radius 3 is 3.00 bits per heavy atom. The van der Waals surface area contributed by atoms with Gasteiger partial charge in [-0.2, -0.15) is 0 Å². The van der Waals surface area contributed by atoms with Crippen LogP contribution in [0, 0.1) is 6.92 Å². The molecule has 128 valence electrons. The Morgan fingerprint density at radius 1 is 1.33 bits per heavy atom. The van der Waals surface area contributed by atoms with Crippen molar-refractivity contribution in [3.63, 3.8) is 0 Å². The van der Waals surface area contributed by atoms with Crippen LogP contribution in [-0.4, -0.2) is 59.9 Å². The molecule has 0 aliphatic carbocycles. The van der Waals surface area contributed by atoms with Crippen LogP contribution < -0.4 is 5.32 Å². The van der Waals surface area contributed by atoms with Crippen LogP contribution in [0.25, 0.3) is 10.9 Å². The second kappa shape index (κ2) is 6.95. The van der Waals surface area contributed by atoms with Crippen molar-refractivity contribution in [3.8, 4) is 0 Å². The number of likely N-dealkylation sites (N-methyl/N-ethyl adjacent to an activating group) is 1. The summed E-state index contributed by atoms with van der Waals surface area (Å²) in [5, 5.41) is 4.13. The maximum absolute atomic E-state index is 12.3. The highest BCUT2D eigenvalue weighted by Gasteiger charge is 2.22. The third-order valence-electron chi connectivity index (χ3n) is 4.55. The van der Waals surface area contributed by atoms with Gasteiger partial charge in [0.05, 0.1) is 0 Å². The fourth-order valence-corrected chi connectivity index (χ4v) is 3.08. The lowest BCUT2D eigenvalue weighted by atomic mass is 10.1. The van der Waals surface area contributed by atoms with Crippen LogP contribution in [0.1, 0.15) is 17.5 Å². The largest absolute Gasteiger partial charge is 0.361 e. The third-order valence-corrected chi connectivity index (χ3v) is 4.55. The molecule has 6 heteroatoms. The summed E-state index contributed by atoms with van der Waals surface area (Å²) in [5.74, 6) is -0.00496. The predicted octanol–water partition coefficient (Wildman–Crippen LogP) is 1.89. The Morgan fingerprint density at radius 2 is 2.17 bits per heavy atom. The van der Waals surface area contributed by atoms with Gasteiger partial charge in [0.1, 0.15) is 6.54 Å². The number of aryl methyl sites for hydroxylation is 1. The number of aromatic nitrogens is 1. The number of benzene rings is 1. The van der Waals surface area contributed by atoms with Crippen molar-refractivity contribution >= 4 is 22.8 Å². The van der Waals surface area contributed by atoms with Crippen LogP contribution in [0.5, 0.6) is 0 Å². The van der Waals surface area contributed by atoms with Gasteiger partial charge in [0.2, 0.25) is 5.91 Å². The van der Waals surface area contributed by atoms with Gasteiger partial charge in [-0.3, -0.25) is 4.79 Å². The Hall–Kier alpha value is -2.50. The smallest absolute Gasteiger partial charge is 0.317 e. The maximum atomic E-state index is 12.3. The van der Waals surface area contributed by atoms with Crippen LogP contribution in [-0.2, 0) is 11.2 Å². The van der Waals surface area contributed by atoms with Crippen molar-refractivity contribution in [2.45, 2.75) is 19.8 Å². The Kier molecular flexibility index (Phi) is 4.74. The fraction of sp³-hybridized carbons (Fsp3) is 0.444. The number of H-pyrrole nitrogens is 1. The highest BCUT2D eigenvalue weighted by molar-refractivity contribution is 5.85. The summed E-state index contributed by atoms with van der Waals surface area (Å²) < 4.78 is 0. The average molecular weight is 328 g/mol. The molecule has 1 aromatic carbocycles. The molecule has 6 nitrogen and oxygen atoms in total. The summed E-state index contributed by atoms with van der Waals surface area (Å²) in [7, 11) is 1.78. The summed E-state index contributed by atoms with van der Waals surface area (Å²) in [6.07, 6.45) is 3.58. The van der Waals surface area contributed by atoms with E-state index in [0.29, 0.717) is 19.6 Å². The van der Waals surface area contributed by atoms with Crippen molar-refractivity contribution in [1.82, 2.24) is 20.1 Å². The minimum Gasteiger partial charge on any atom is -0.361 e. The quantitative estimate of drug-likeness (QED) is 0.903. The minimum atomic E-state index is -0.158. The number of urea groups is 1. The molecule has 1 saturated heterocycles. The van der Waals surface area contributed by atoms with Crippen LogP contribution in [0.2, 0.25) is 0 Å². The molecule has 2 N–H and O–H groups in total. The molecular formula is C18H24N4O2. The van der Waals surface area contributed by atoms with E-state index in [2.05, 4.69) is 35.4 Å². The van der Waals surface area contributed by atoms with Gasteiger partial charge >= 0.3 is 6.03 Å². The molecule has 0 radical (unpaired) electrons. The summed E-state index contributed by atoms with van der Waals surface area (Å²) in [4.78, 5) is 30.7. The van der Waals surface area contributed by atoms with Crippen molar-refractivity contribution in [3.05, 3.63) is 35.5 Å². The van der Waals surface area contributed by atoms with Crippen molar-refractivity contribution < 1.29 is 9.59 Å². The molecule has 24 heavy (non-hydrogen) atoms. The highest BCUT2D eigenvalue weighted by Crippen LogP contribution is 2.19. The number of nitrogens with zero attached hydrogens (tertiary/aromatic N) is 2. The first-order chi connectivity index (χ1) is 11.5. The topological polar surface area (TPSA) is 68.4 Å². The molecule has 1 aliphatic rings. The second-order valence-electron chi connectivity index (χ2n) is 6.44. The van der Waals surface area contributed by atoms with Gasteiger partial charge < -0.3 is 20.1 Å². The number of amides is 3. The summed E-state index contributed by atoms with van der Waals surface area (Å²) in [6, 6.07) is 6.17. The van der Waals surface area contributed by atoms with Gasteiger partial charge in [-0.05, 0) is 37.0 Å². The zero-order chi connectivity index (χ0) is 17.1. The van der Waals surface area contributed by atoms with E-state index in [1.807, 2.05) is 6.20 Å². The lowest BCUT2D eigenvalue weighted by molar-refractivity contribution is -0.129. The van der Waals surface area contributed by atoms with Crippen LogP contribution in [0.4, 0.5) is 4.79 Å². The second-order valence-corrected chi connectivity index (χ2v) is 6.44. The zero-order valence-corrected chi connectivity index (χ0v) is 14.3. The van der Waals surface area contributed by atoms with E-state index in [9.17, 15) is 9.59 Å². The molecule has 1 aliphatic heterocycles. The van der Waals surface area contributed by atoms with E-state index in [4.69, 9.17) is 0 Å². The monoisotopic (exact) mass is 328 g/mol. The number of rotatable bonds is 3. The van der Waals surface area contributed by atoms with E-state index in [1.54, 1.807) is 16.8 Å². The normalized spacial score (nSPS) is 15.7. The standard InChI is InChI=1S/C18H24N4O2/c1-13-4-5-15-14(11-20-16(15)10-13)6-7-19-18(24)22-9-3-8-21(2)17(23)12-22/h4-5,10-11,20H,3,6-9,12H2,1-2H3,(H,19,24). The van der Waals surface area contributed by atoms with Gasteiger partial charge in [-0.15, -0.1) is 0 Å². The van der Waals surface area contributed by atoms with Gasteiger partial charge in [0.15, 0.2) is 0 Å². The Labute approximate surface area is 141 Å². The Bertz CT molecular complexity index is 753. The van der Waals surface area contributed by atoms with Crippen LogP contribution >= 0.6 is 0 Å². The van der Waals surface area contributed by atoms with Crippen molar-refractivity contribution in [2.24, 2.45) is 0 Å². The number of hydrogen-bond acceptors (Lipinski definition) is 2. The van der Waals surface area contributed by atoms with E-state index in [0.717, 1.165) is 18.4 Å². The van der Waals surface area contributed by atoms with E-state index >= 15 is 0 Å². The lowest BCUT2D eigenvalue weighted by Crippen LogP contribution is -2.44. The molecule has 0 saturated carbocycles. The summed E-state index contributed by atoms with van der Waals surface area (Å²) >= 11 is 0. The minimum absolute atomic E-state index is 0.00496. The summed E-state index contributed by atoms with van der Waals surface area (Å²) in [5.41, 5.74) is 3.54. The number of carbonyl (C=O) groups excluding carboxylic acids is 2. The molecule has 3 amide bonds. The number of aromatic amines is 1. The number of nitrogens with one attached hydrogen (secondary N) is 2. The molecule has 0 spiro atoms. The average Bonchev–Trinajstić information content (AvgIpc) is 2.86. The molecule has 1 aromatic heterocycles. The van der Waals surface area contributed by atoms with Gasteiger partial charge in [0.25, 0.3) is 0 Å². The van der Waals surface area contributed by atoms with Crippen LogP contribution in [0.15, 0.2) is 24.4 Å². The van der Waals surface area contributed by atoms with Crippen molar-refractivity contribution in [1.29, 1.82) is 0 Å². The summed E-state index contributed by atoms with van der Waals surface area (Å²) in [6.45, 7) is 4.11. The van der Waals surface area contributed by atoms with E-state index in [-0.39, 0.29) is 18.5 Å².